The number of aromatic nitrogens is 4. The lowest BCUT2D eigenvalue weighted by molar-refractivity contribution is 0.312. The van der Waals surface area contributed by atoms with Gasteiger partial charge in [0.25, 0.3) is 0 Å². The van der Waals surface area contributed by atoms with Crippen molar-refractivity contribution in [2.45, 2.75) is 0 Å². The molecule has 1 fully saturated rings. The molecular weight excluding hydrogens is 316 g/mol. The Balaban J connectivity index is 2.00. The topological polar surface area (TPSA) is 73.3 Å². The molecule has 24 heavy (non-hydrogen) atoms. The zero-order valence-electron chi connectivity index (χ0n) is 12.9. The van der Waals surface area contributed by atoms with Crippen LogP contribution in [0.5, 0.6) is 0 Å². The van der Waals surface area contributed by atoms with E-state index in [1.54, 1.807) is 6.07 Å². The van der Waals surface area contributed by atoms with Crippen LogP contribution in [0.2, 0.25) is 0 Å². The number of benzene rings is 1. The second-order valence-corrected chi connectivity index (χ2v) is 5.75. The maximum atomic E-state index is 14.4. The van der Waals surface area contributed by atoms with Crippen LogP contribution in [0, 0.1) is 23.0 Å². The molecule has 0 unspecified atom stereocenters. The van der Waals surface area contributed by atoms with Gasteiger partial charge >= 0.3 is 0 Å². The van der Waals surface area contributed by atoms with Crippen molar-refractivity contribution in [1.29, 1.82) is 5.26 Å². The van der Waals surface area contributed by atoms with E-state index < -0.39 is 11.6 Å². The lowest BCUT2D eigenvalue weighted by Crippen LogP contribution is -2.45. The molecule has 0 amide bonds. The summed E-state index contributed by atoms with van der Waals surface area (Å²) in [6, 6.07) is 2.89. The first kappa shape index (κ1) is 14.7. The zero-order chi connectivity index (χ0) is 16.8. The van der Waals surface area contributed by atoms with E-state index in [-0.39, 0.29) is 16.6 Å². The van der Waals surface area contributed by atoms with Gasteiger partial charge in [-0.1, -0.05) is 0 Å². The molecule has 1 aliphatic rings. The van der Waals surface area contributed by atoms with Gasteiger partial charge in [-0.25, -0.2) is 23.3 Å². The van der Waals surface area contributed by atoms with Crippen LogP contribution in [0.3, 0.4) is 0 Å². The summed E-state index contributed by atoms with van der Waals surface area (Å²) in [6.45, 7) is 3.09. The van der Waals surface area contributed by atoms with Gasteiger partial charge in [0.2, 0.25) is 0 Å². The van der Waals surface area contributed by atoms with Crippen molar-refractivity contribution < 1.29 is 8.78 Å². The van der Waals surface area contributed by atoms with E-state index in [9.17, 15) is 8.78 Å². The third-order valence-corrected chi connectivity index (χ3v) is 4.28. The number of anilines is 1. The average molecular weight is 329 g/mol. The Morgan fingerprint density at radius 2 is 1.92 bits per heavy atom. The average Bonchev–Trinajstić information content (AvgIpc) is 3.08. The Morgan fingerprint density at radius 3 is 2.62 bits per heavy atom. The Bertz CT molecular complexity index is 983. The summed E-state index contributed by atoms with van der Waals surface area (Å²) in [5.74, 6) is -1.87. The normalized spacial score (nSPS) is 16.0. The molecule has 0 spiro atoms. The number of hydrogen-bond acceptors (Lipinski definition) is 6. The number of fused-ring (bicyclic) bond motifs is 3. The molecule has 9 heteroatoms. The molecule has 0 saturated carbocycles. The quantitative estimate of drug-likeness (QED) is 0.667. The van der Waals surface area contributed by atoms with E-state index in [0.29, 0.717) is 24.6 Å². The van der Waals surface area contributed by atoms with Gasteiger partial charge in [0.1, 0.15) is 17.9 Å². The summed E-state index contributed by atoms with van der Waals surface area (Å²) in [6.07, 6.45) is 1.34. The second kappa shape index (κ2) is 5.35. The second-order valence-electron chi connectivity index (χ2n) is 5.75. The van der Waals surface area contributed by atoms with Crippen molar-refractivity contribution in [3.63, 3.8) is 0 Å². The van der Waals surface area contributed by atoms with Crippen LogP contribution in [-0.2, 0) is 0 Å². The molecule has 1 aliphatic heterocycles. The molecule has 0 atom stereocenters. The number of rotatable bonds is 1. The van der Waals surface area contributed by atoms with Crippen LogP contribution < -0.4 is 4.90 Å². The maximum absolute atomic E-state index is 14.4. The third kappa shape index (κ3) is 2.07. The van der Waals surface area contributed by atoms with Crippen LogP contribution in [0.1, 0.15) is 5.56 Å². The van der Waals surface area contributed by atoms with Gasteiger partial charge in [0.05, 0.1) is 11.1 Å². The number of nitrogens with zero attached hydrogens (tertiary/aromatic N) is 7. The Labute approximate surface area is 135 Å². The molecule has 1 aromatic carbocycles. The molecule has 122 valence electrons. The van der Waals surface area contributed by atoms with Gasteiger partial charge in [-0.05, 0) is 13.1 Å². The maximum Gasteiger partial charge on any atom is 0.199 e. The predicted octanol–water partition coefficient (Wildman–Crippen LogP) is 1.18. The first-order chi connectivity index (χ1) is 11.6. The monoisotopic (exact) mass is 329 g/mol. The molecule has 0 radical (unpaired) electrons. The molecule has 0 aliphatic carbocycles. The van der Waals surface area contributed by atoms with Gasteiger partial charge < -0.3 is 9.80 Å². The highest BCUT2D eigenvalue weighted by Crippen LogP contribution is 2.27. The summed E-state index contributed by atoms with van der Waals surface area (Å²) < 4.78 is 29.8. The van der Waals surface area contributed by atoms with Crippen LogP contribution in [0.4, 0.5) is 14.6 Å². The van der Waals surface area contributed by atoms with Crippen LogP contribution in [0.25, 0.3) is 16.7 Å². The van der Waals surface area contributed by atoms with E-state index in [1.165, 1.54) is 16.9 Å². The minimum absolute atomic E-state index is 0.154. The largest absolute Gasteiger partial charge is 0.351 e. The Kier molecular flexibility index (Phi) is 3.28. The van der Waals surface area contributed by atoms with Crippen molar-refractivity contribution in [2.24, 2.45) is 0 Å². The van der Waals surface area contributed by atoms with Crippen molar-refractivity contribution in [1.82, 2.24) is 24.5 Å². The first-order valence-electron chi connectivity index (χ1n) is 7.45. The van der Waals surface area contributed by atoms with Gasteiger partial charge in [-0.15, -0.1) is 0 Å². The molecule has 0 N–H and O–H groups in total. The van der Waals surface area contributed by atoms with Gasteiger partial charge in [0.15, 0.2) is 23.1 Å². The first-order valence-corrected chi connectivity index (χ1v) is 7.45. The Hall–Kier alpha value is -2.86. The van der Waals surface area contributed by atoms with Crippen molar-refractivity contribution in [3.05, 3.63) is 29.6 Å². The van der Waals surface area contributed by atoms with Gasteiger partial charge in [-0.2, -0.15) is 10.4 Å². The van der Waals surface area contributed by atoms with Gasteiger partial charge in [-0.3, -0.25) is 0 Å². The van der Waals surface area contributed by atoms with Crippen LogP contribution in [-0.4, -0.2) is 57.7 Å². The minimum atomic E-state index is -1.19. The predicted molar refractivity (Wildman–Crippen MR) is 82.6 cm³/mol. The highest BCUT2D eigenvalue weighted by Gasteiger charge is 2.24. The fraction of sp³-hybridized carbons (Fsp3) is 0.333. The summed E-state index contributed by atoms with van der Waals surface area (Å²) in [5.41, 5.74) is 0.141. The molecule has 0 bridgehead atoms. The highest BCUT2D eigenvalue weighted by molar-refractivity contribution is 5.84. The van der Waals surface area contributed by atoms with E-state index in [0.717, 1.165) is 13.1 Å². The zero-order valence-corrected chi connectivity index (χ0v) is 12.9. The third-order valence-electron chi connectivity index (χ3n) is 4.28. The fourth-order valence-corrected chi connectivity index (χ4v) is 2.91. The van der Waals surface area contributed by atoms with Crippen LogP contribution >= 0.6 is 0 Å². The molecule has 2 aromatic heterocycles. The molecule has 3 heterocycles. The van der Waals surface area contributed by atoms with E-state index >= 15 is 0 Å². The molecule has 3 aromatic rings. The minimum Gasteiger partial charge on any atom is -0.351 e. The van der Waals surface area contributed by atoms with Gasteiger partial charge in [0, 0.05) is 26.2 Å². The van der Waals surface area contributed by atoms with E-state index in [4.69, 9.17) is 5.26 Å². The van der Waals surface area contributed by atoms with Crippen molar-refractivity contribution in [2.75, 3.05) is 38.1 Å². The highest BCUT2D eigenvalue weighted by atomic mass is 19.2. The fourth-order valence-electron chi connectivity index (χ4n) is 2.91. The lowest BCUT2D eigenvalue weighted by Gasteiger charge is -2.33. The van der Waals surface area contributed by atoms with Crippen molar-refractivity contribution in [3.8, 4) is 6.07 Å². The summed E-state index contributed by atoms with van der Waals surface area (Å²) in [7, 11) is 2.02. The van der Waals surface area contributed by atoms with E-state index in [2.05, 4.69) is 20.0 Å². The SMILES string of the molecule is CN1CCN(c2nc3c(F)c(F)c(C#N)cc3n3ncnc23)CC1. The Morgan fingerprint density at radius 1 is 1.17 bits per heavy atom. The molecular formula is C15H13F2N7. The number of nitriles is 1. The number of halogens is 2. The molecule has 4 rings (SSSR count). The molecule has 1 saturated heterocycles. The summed E-state index contributed by atoms with van der Waals surface area (Å²) in [4.78, 5) is 12.7. The van der Waals surface area contributed by atoms with E-state index in [1.807, 2.05) is 11.9 Å². The van der Waals surface area contributed by atoms with Crippen molar-refractivity contribution >= 4 is 22.5 Å². The number of piperazine rings is 1. The number of hydrogen-bond donors (Lipinski definition) is 0. The smallest absolute Gasteiger partial charge is 0.199 e. The summed E-state index contributed by atoms with van der Waals surface area (Å²) >= 11 is 0. The van der Waals surface area contributed by atoms with Crippen LogP contribution in [0.15, 0.2) is 12.4 Å². The standard InChI is InChI=1S/C15H13F2N7/c1-22-2-4-23(5-3-22)15-14-19-8-20-24(14)10-6-9(7-18)11(16)12(17)13(10)21-15/h6,8H,2-5H2,1H3. The lowest BCUT2D eigenvalue weighted by atomic mass is 10.2. The molecule has 7 nitrogen and oxygen atoms in total. The number of likely N-dealkylation sites (N-methyl/N-ethyl adjacent to an activating group) is 1. The summed E-state index contributed by atoms with van der Waals surface area (Å²) in [5, 5.41) is 13.1.